The minimum Gasteiger partial charge on any atom is -0.480 e. The molecule has 6 heteroatoms. The first-order chi connectivity index (χ1) is 13.1. The van der Waals surface area contributed by atoms with Crippen LogP contribution in [-0.2, 0) is 27.3 Å². The summed E-state index contributed by atoms with van der Waals surface area (Å²) in [6, 6.07) is 18.3. The zero-order valence-corrected chi connectivity index (χ0v) is 15.1. The first-order valence-corrected chi connectivity index (χ1v) is 9.07. The molecule has 1 aliphatic rings. The van der Waals surface area contributed by atoms with Crippen molar-refractivity contribution < 1.29 is 19.4 Å². The Morgan fingerprint density at radius 3 is 2.33 bits per heavy atom. The Labute approximate surface area is 158 Å². The van der Waals surface area contributed by atoms with E-state index in [-0.39, 0.29) is 12.3 Å². The van der Waals surface area contributed by atoms with E-state index in [2.05, 4.69) is 10.2 Å². The third-order valence-corrected chi connectivity index (χ3v) is 4.59. The highest BCUT2D eigenvalue weighted by molar-refractivity contribution is 5.86. The predicted molar refractivity (Wildman–Crippen MR) is 101 cm³/mol. The van der Waals surface area contributed by atoms with Gasteiger partial charge >= 0.3 is 5.97 Å². The highest BCUT2D eigenvalue weighted by atomic mass is 16.5. The molecule has 1 amide bonds. The third kappa shape index (κ3) is 5.64. The molecule has 0 aliphatic carbocycles. The largest absolute Gasteiger partial charge is 0.480 e. The van der Waals surface area contributed by atoms with Gasteiger partial charge < -0.3 is 15.2 Å². The molecule has 2 aromatic carbocycles. The number of carboxylic acids is 1. The van der Waals surface area contributed by atoms with E-state index in [1.54, 1.807) is 0 Å². The van der Waals surface area contributed by atoms with E-state index in [1.807, 2.05) is 60.7 Å². The zero-order valence-electron chi connectivity index (χ0n) is 15.1. The van der Waals surface area contributed by atoms with E-state index in [1.165, 1.54) is 5.56 Å². The van der Waals surface area contributed by atoms with Crippen LogP contribution in [0.5, 0.6) is 0 Å². The standard InChI is InChI=1S/C21H24N2O4/c24-20(22-18(21(25)26)13-16-7-3-1-4-8-16)19-15-23(11-12-27-19)14-17-9-5-2-6-10-17/h1-10,18-19H,11-15H2,(H,22,24)(H,25,26)/t18-,19-/m0/s1. The van der Waals surface area contributed by atoms with Gasteiger partial charge in [0.2, 0.25) is 0 Å². The number of carbonyl (C=O) groups excluding carboxylic acids is 1. The van der Waals surface area contributed by atoms with Gasteiger partial charge in [0, 0.05) is 26.1 Å². The van der Waals surface area contributed by atoms with Gasteiger partial charge in [0.25, 0.3) is 5.91 Å². The second kappa shape index (κ2) is 9.30. The number of morpholine rings is 1. The first kappa shape index (κ1) is 19.1. The van der Waals surface area contributed by atoms with Crippen LogP contribution in [0.25, 0.3) is 0 Å². The molecule has 0 aromatic heterocycles. The van der Waals surface area contributed by atoms with Crippen LogP contribution < -0.4 is 5.32 Å². The number of nitrogens with one attached hydrogen (secondary N) is 1. The molecule has 1 saturated heterocycles. The van der Waals surface area contributed by atoms with Crippen LogP contribution in [0, 0.1) is 0 Å². The summed E-state index contributed by atoms with van der Waals surface area (Å²) in [7, 11) is 0. The molecule has 2 aromatic rings. The Balaban J connectivity index is 1.57. The average Bonchev–Trinajstić information content (AvgIpc) is 2.69. The predicted octanol–water partition coefficient (Wildman–Crippen LogP) is 1.70. The number of carboxylic acid groups (broad SMARTS) is 1. The summed E-state index contributed by atoms with van der Waals surface area (Å²) in [4.78, 5) is 26.3. The van der Waals surface area contributed by atoms with Gasteiger partial charge in [-0.2, -0.15) is 0 Å². The highest BCUT2D eigenvalue weighted by Crippen LogP contribution is 2.11. The molecular weight excluding hydrogens is 344 g/mol. The van der Waals surface area contributed by atoms with Crippen molar-refractivity contribution in [3.8, 4) is 0 Å². The van der Waals surface area contributed by atoms with Crippen molar-refractivity contribution in [3.05, 3.63) is 71.8 Å². The smallest absolute Gasteiger partial charge is 0.326 e. The van der Waals surface area contributed by atoms with Crippen LogP contribution in [0.2, 0.25) is 0 Å². The number of aliphatic carboxylic acids is 1. The van der Waals surface area contributed by atoms with E-state index in [0.29, 0.717) is 13.2 Å². The maximum absolute atomic E-state index is 12.6. The molecule has 6 nitrogen and oxygen atoms in total. The molecular formula is C21H24N2O4. The summed E-state index contributed by atoms with van der Waals surface area (Å²) in [6.45, 7) is 2.37. The number of rotatable bonds is 7. The van der Waals surface area contributed by atoms with E-state index < -0.39 is 18.1 Å². The minimum absolute atomic E-state index is 0.238. The van der Waals surface area contributed by atoms with Crippen molar-refractivity contribution in [3.63, 3.8) is 0 Å². The van der Waals surface area contributed by atoms with Crippen LogP contribution in [0.4, 0.5) is 0 Å². The van der Waals surface area contributed by atoms with Crippen LogP contribution in [0.1, 0.15) is 11.1 Å². The molecule has 3 rings (SSSR count). The van der Waals surface area contributed by atoms with Gasteiger partial charge in [-0.3, -0.25) is 9.69 Å². The van der Waals surface area contributed by atoms with E-state index in [0.717, 1.165) is 18.7 Å². The summed E-state index contributed by atoms with van der Waals surface area (Å²) < 4.78 is 5.59. The lowest BCUT2D eigenvalue weighted by molar-refractivity contribution is -0.146. The number of ether oxygens (including phenoxy) is 1. The van der Waals surface area contributed by atoms with E-state index in [9.17, 15) is 14.7 Å². The van der Waals surface area contributed by atoms with Gasteiger partial charge in [-0.15, -0.1) is 0 Å². The Bertz CT molecular complexity index is 751. The van der Waals surface area contributed by atoms with Crippen LogP contribution in [-0.4, -0.2) is 53.7 Å². The second-order valence-electron chi connectivity index (χ2n) is 6.67. The monoisotopic (exact) mass is 368 g/mol. The van der Waals surface area contributed by atoms with E-state index in [4.69, 9.17) is 4.74 Å². The zero-order chi connectivity index (χ0) is 19.1. The van der Waals surface area contributed by atoms with Crippen molar-refractivity contribution in [1.29, 1.82) is 0 Å². The SMILES string of the molecule is O=C(O)[C@H](Cc1ccccc1)NC(=O)[C@@H]1CN(Cc2ccccc2)CCO1. The molecule has 0 spiro atoms. The molecule has 1 aliphatic heterocycles. The van der Waals surface area contributed by atoms with Crippen molar-refractivity contribution in [1.82, 2.24) is 10.2 Å². The molecule has 2 N–H and O–H groups in total. The normalized spacial score (nSPS) is 18.6. The minimum atomic E-state index is -1.05. The molecule has 0 radical (unpaired) electrons. The summed E-state index contributed by atoms with van der Waals surface area (Å²) in [5.41, 5.74) is 2.03. The quantitative estimate of drug-likeness (QED) is 0.778. The van der Waals surface area contributed by atoms with Gasteiger partial charge in [0.1, 0.15) is 12.1 Å². The highest BCUT2D eigenvalue weighted by Gasteiger charge is 2.30. The fraction of sp³-hybridized carbons (Fsp3) is 0.333. The Morgan fingerprint density at radius 2 is 1.70 bits per heavy atom. The first-order valence-electron chi connectivity index (χ1n) is 9.07. The number of amides is 1. The number of nitrogens with zero attached hydrogens (tertiary/aromatic N) is 1. The van der Waals surface area contributed by atoms with Gasteiger partial charge in [-0.1, -0.05) is 60.7 Å². The molecule has 1 heterocycles. The summed E-state index contributed by atoms with van der Waals surface area (Å²) >= 11 is 0. The van der Waals surface area contributed by atoms with Gasteiger partial charge in [-0.25, -0.2) is 4.79 Å². The molecule has 0 unspecified atom stereocenters. The topological polar surface area (TPSA) is 78.9 Å². The number of carbonyl (C=O) groups is 2. The fourth-order valence-corrected chi connectivity index (χ4v) is 3.16. The number of hydrogen-bond acceptors (Lipinski definition) is 4. The number of hydrogen-bond donors (Lipinski definition) is 2. The van der Waals surface area contributed by atoms with Crippen molar-refractivity contribution >= 4 is 11.9 Å². The summed E-state index contributed by atoms with van der Waals surface area (Å²) in [5.74, 6) is -1.43. The van der Waals surface area contributed by atoms with Crippen LogP contribution in [0.15, 0.2) is 60.7 Å². The lowest BCUT2D eigenvalue weighted by Crippen LogP contribution is -2.53. The fourth-order valence-electron chi connectivity index (χ4n) is 3.16. The van der Waals surface area contributed by atoms with Gasteiger partial charge in [0.05, 0.1) is 6.61 Å². The Hall–Kier alpha value is -2.70. The van der Waals surface area contributed by atoms with E-state index >= 15 is 0 Å². The number of benzene rings is 2. The molecule has 27 heavy (non-hydrogen) atoms. The van der Waals surface area contributed by atoms with Crippen LogP contribution >= 0.6 is 0 Å². The van der Waals surface area contributed by atoms with Crippen molar-refractivity contribution in [2.45, 2.75) is 25.1 Å². The Morgan fingerprint density at radius 1 is 1.07 bits per heavy atom. The molecule has 0 bridgehead atoms. The molecule has 0 saturated carbocycles. The van der Waals surface area contributed by atoms with Crippen LogP contribution in [0.3, 0.4) is 0 Å². The van der Waals surface area contributed by atoms with Gasteiger partial charge in [-0.05, 0) is 11.1 Å². The van der Waals surface area contributed by atoms with Crippen molar-refractivity contribution in [2.75, 3.05) is 19.7 Å². The second-order valence-corrected chi connectivity index (χ2v) is 6.67. The maximum atomic E-state index is 12.6. The summed E-state index contributed by atoms with van der Waals surface area (Å²) in [6.07, 6.45) is -0.428. The molecule has 142 valence electrons. The third-order valence-electron chi connectivity index (χ3n) is 4.59. The summed E-state index contributed by atoms with van der Waals surface area (Å²) in [5, 5.41) is 12.1. The molecule has 1 fully saturated rings. The van der Waals surface area contributed by atoms with Crippen molar-refractivity contribution in [2.24, 2.45) is 0 Å². The molecule has 2 atom stereocenters. The maximum Gasteiger partial charge on any atom is 0.326 e. The average molecular weight is 368 g/mol. The lowest BCUT2D eigenvalue weighted by atomic mass is 10.1. The Kier molecular flexibility index (Phi) is 6.57. The lowest BCUT2D eigenvalue weighted by Gasteiger charge is -2.32. The van der Waals surface area contributed by atoms with Gasteiger partial charge in [0.15, 0.2) is 0 Å².